The molecule has 0 aliphatic heterocycles. The molecule has 2 aromatic rings. The number of ether oxygens (including phenoxy) is 1. The second-order valence-corrected chi connectivity index (χ2v) is 7.38. The summed E-state index contributed by atoms with van der Waals surface area (Å²) in [7, 11) is -1.75. The molecule has 1 N–H and O–H groups in total. The second-order valence-electron chi connectivity index (χ2n) is 5.47. The van der Waals surface area contributed by atoms with Crippen molar-refractivity contribution in [2.75, 3.05) is 24.2 Å². The number of hydrogen-bond acceptors (Lipinski definition) is 4. The third-order valence-corrected chi connectivity index (χ3v) is 5.01. The predicted octanol–water partition coefficient (Wildman–Crippen LogP) is 2.41. The molecule has 134 valence electrons. The van der Waals surface area contributed by atoms with Crippen molar-refractivity contribution in [1.82, 2.24) is 5.32 Å². The van der Waals surface area contributed by atoms with Crippen molar-refractivity contribution in [2.45, 2.75) is 13.5 Å². The molecule has 0 atom stereocenters. The van der Waals surface area contributed by atoms with Crippen LogP contribution in [-0.4, -0.2) is 34.2 Å². The highest BCUT2D eigenvalue weighted by atomic mass is 32.2. The number of para-hydroxylation sites is 1. The van der Waals surface area contributed by atoms with E-state index in [-0.39, 0.29) is 5.91 Å². The quantitative estimate of drug-likeness (QED) is 0.821. The summed E-state index contributed by atoms with van der Waals surface area (Å²) in [6.45, 7) is 2.43. The van der Waals surface area contributed by atoms with E-state index in [0.717, 1.165) is 11.8 Å². The molecule has 0 spiro atoms. The lowest BCUT2D eigenvalue weighted by atomic mass is 10.1. The Hall–Kier alpha value is -2.54. The molecule has 0 heterocycles. The van der Waals surface area contributed by atoms with Crippen LogP contribution in [0.3, 0.4) is 0 Å². The first kappa shape index (κ1) is 18.8. The average Bonchev–Trinajstić information content (AvgIpc) is 2.60. The van der Waals surface area contributed by atoms with E-state index in [9.17, 15) is 13.2 Å². The van der Waals surface area contributed by atoms with E-state index in [4.69, 9.17) is 4.74 Å². The fourth-order valence-corrected chi connectivity index (χ4v) is 3.49. The number of rotatable bonds is 7. The van der Waals surface area contributed by atoms with Gasteiger partial charge in [0, 0.05) is 24.2 Å². The minimum atomic E-state index is -3.34. The number of anilines is 1. The topological polar surface area (TPSA) is 75.7 Å². The maximum atomic E-state index is 12.3. The van der Waals surface area contributed by atoms with E-state index in [1.807, 2.05) is 24.3 Å². The highest BCUT2D eigenvalue weighted by Crippen LogP contribution is 2.19. The number of nitrogens with one attached hydrogen (secondary N) is 1. The van der Waals surface area contributed by atoms with Crippen LogP contribution in [0.1, 0.15) is 22.8 Å². The molecule has 0 aliphatic rings. The summed E-state index contributed by atoms with van der Waals surface area (Å²) >= 11 is 0. The lowest BCUT2D eigenvalue weighted by Crippen LogP contribution is -2.29. The summed E-state index contributed by atoms with van der Waals surface area (Å²) < 4.78 is 30.0. The fourth-order valence-electron chi connectivity index (χ4n) is 2.51. The number of nitrogens with zero attached hydrogens (tertiary/aromatic N) is 1. The van der Waals surface area contributed by atoms with E-state index >= 15 is 0 Å². The maximum absolute atomic E-state index is 12.3. The molecular formula is C18H22N2O4S. The molecule has 2 rings (SSSR count). The highest BCUT2D eigenvalue weighted by molar-refractivity contribution is 7.92. The Morgan fingerprint density at radius 3 is 2.32 bits per heavy atom. The molecule has 2 aromatic carbocycles. The van der Waals surface area contributed by atoms with Crippen LogP contribution in [0.5, 0.6) is 5.75 Å². The summed E-state index contributed by atoms with van der Waals surface area (Å²) in [6.07, 6.45) is 1.16. The van der Waals surface area contributed by atoms with E-state index in [1.54, 1.807) is 38.3 Å². The van der Waals surface area contributed by atoms with Gasteiger partial charge in [0.2, 0.25) is 10.0 Å². The van der Waals surface area contributed by atoms with Crippen LogP contribution in [0.4, 0.5) is 5.69 Å². The maximum Gasteiger partial charge on any atom is 0.251 e. The van der Waals surface area contributed by atoms with Crippen molar-refractivity contribution in [3.05, 3.63) is 59.7 Å². The first-order valence-electron chi connectivity index (χ1n) is 7.84. The Labute approximate surface area is 148 Å². The van der Waals surface area contributed by atoms with Gasteiger partial charge < -0.3 is 10.1 Å². The van der Waals surface area contributed by atoms with Crippen molar-refractivity contribution in [3.63, 3.8) is 0 Å². The Bertz CT molecular complexity index is 832. The summed E-state index contributed by atoms with van der Waals surface area (Å²) in [6, 6.07) is 13.9. The number of hydrogen-bond donors (Lipinski definition) is 1. The zero-order valence-electron chi connectivity index (χ0n) is 14.5. The van der Waals surface area contributed by atoms with E-state index < -0.39 is 10.0 Å². The largest absolute Gasteiger partial charge is 0.496 e. The van der Waals surface area contributed by atoms with Gasteiger partial charge in [-0.05, 0) is 37.3 Å². The minimum absolute atomic E-state index is 0.236. The summed E-state index contributed by atoms with van der Waals surface area (Å²) in [5, 5.41) is 2.83. The third kappa shape index (κ3) is 4.73. The van der Waals surface area contributed by atoms with Gasteiger partial charge in [-0.1, -0.05) is 18.2 Å². The van der Waals surface area contributed by atoms with Gasteiger partial charge in [-0.25, -0.2) is 8.42 Å². The predicted molar refractivity (Wildman–Crippen MR) is 98.5 cm³/mol. The summed E-state index contributed by atoms with van der Waals surface area (Å²) in [4.78, 5) is 12.3. The molecule has 0 fully saturated rings. The zero-order valence-corrected chi connectivity index (χ0v) is 15.3. The van der Waals surface area contributed by atoms with Crippen molar-refractivity contribution in [2.24, 2.45) is 0 Å². The lowest BCUT2D eigenvalue weighted by molar-refractivity contribution is 0.0950. The van der Waals surface area contributed by atoms with E-state index in [0.29, 0.717) is 30.1 Å². The standard InChI is InChI=1S/C18H22N2O4S/c1-4-20(25(3,22)23)16-11-9-14(10-12-16)18(21)19-13-15-7-5-6-8-17(15)24-2/h5-12H,4,13H2,1-3H3,(H,19,21). The molecule has 0 radical (unpaired) electrons. The monoisotopic (exact) mass is 362 g/mol. The van der Waals surface area contributed by atoms with Crippen molar-refractivity contribution < 1.29 is 17.9 Å². The molecule has 25 heavy (non-hydrogen) atoms. The van der Waals surface area contributed by atoms with Crippen molar-refractivity contribution >= 4 is 21.6 Å². The van der Waals surface area contributed by atoms with Gasteiger partial charge in [0.1, 0.15) is 5.75 Å². The minimum Gasteiger partial charge on any atom is -0.496 e. The number of sulfonamides is 1. The van der Waals surface area contributed by atoms with E-state index in [1.165, 1.54) is 4.31 Å². The Morgan fingerprint density at radius 2 is 1.76 bits per heavy atom. The van der Waals surface area contributed by atoms with E-state index in [2.05, 4.69) is 5.32 Å². The van der Waals surface area contributed by atoms with Crippen molar-refractivity contribution in [1.29, 1.82) is 0 Å². The molecule has 0 unspecified atom stereocenters. The van der Waals surface area contributed by atoms with Crippen LogP contribution in [0.2, 0.25) is 0 Å². The molecular weight excluding hydrogens is 340 g/mol. The smallest absolute Gasteiger partial charge is 0.251 e. The second kappa shape index (κ2) is 8.02. The molecule has 0 bridgehead atoms. The first-order valence-corrected chi connectivity index (χ1v) is 9.69. The highest BCUT2D eigenvalue weighted by Gasteiger charge is 2.15. The van der Waals surface area contributed by atoms with Gasteiger partial charge in [-0.3, -0.25) is 9.10 Å². The molecule has 6 nitrogen and oxygen atoms in total. The number of methoxy groups -OCH3 is 1. The third-order valence-electron chi connectivity index (χ3n) is 3.74. The normalized spacial score (nSPS) is 11.0. The molecule has 1 amide bonds. The number of carbonyl (C=O) groups excluding carboxylic acids is 1. The molecule has 0 aromatic heterocycles. The number of benzene rings is 2. The van der Waals surface area contributed by atoms with Gasteiger partial charge in [0.05, 0.1) is 19.1 Å². The van der Waals surface area contributed by atoms with Crippen molar-refractivity contribution in [3.8, 4) is 5.75 Å². The molecule has 7 heteroatoms. The van der Waals surface area contributed by atoms with Crippen LogP contribution in [0.25, 0.3) is 0 Å². The van der Waals surface area contributed by atoms with Gasteiger partial charge in [0.25, 0.3) is 5.91 Å². The van der Waals surface area contributed by atoms with Gasteiger partial charge in [-0.15, -0.1) is 0 Å². The Balaban J connectivity index is 2.08. The molecule has 0 saturated carbocycles. The summed E-state index contributed by atoms with van der Waals surface area (Å²) in [5.41, 5.74) is 1.87. The van der Waals surface area contributed by atoms with Crippen LogP contribution in [0, 0.1) is 0 Å². The van der Waals surface area contributed by atoms with Crippen LogP contribution < -0.4 is 14.4 Å². The zero-order chi connectivity index (χ0) is 18.4. The first-order chi connectivity index (χ1) is 11.9. The van der Waals surface area contributed by atoms with Gasteiger partial charge >= 0.3 is 0 Å². The van der Waals surface area contributed by atoms with Crippen LogP contribution in [-0.2, 0) is 16.6 Å². The summed E-state index contributed by atoms with van der Waals surface area (Å²) in [5.74, 6) is 0.477. The number of amides is 1. The molecule has 0 aliphatic carbocycles. The SMILES string of the molecule is CCN(c1ccc(C(=O)NCc2ccccc2OC)cc1)S(C)(=O)=O. The average molecular weight is 362 g/mol. The Morgan fingerprint density at radius 1 is 1.12 bits per heavy atom. The van der Waals surface area contributed by atoms with Gasteiger partial charge in [0.15, 0.2) is 0 Å². The Kier molecular flexibility index (Phi) is 6.03. The van der Waals surface area contributed by atoms with Crippen LogP contribution in [0.15, 0.2) is 48.5 Å². The lowest BCUT2D eigenvalue weighted by Gasteiger charge is -2.20. The number of carbonyl (C=O) groups is 1. The van der Waals surface area contributed by atoms with Crippen LogP contribution >= 0.6 is 0 Å². The molecule has 0 saturated heterocycles. The fraction of sp³-hybridized carbons (Fsp3) is 0.278. The van der Waals surface area contributed by atoms with Gasteiger partial charge in [-0.2, -0.15) is 0 Å².